The van der Waals surface area contributed by atoms with Crippen molar-refractivity contribution in [2.45, 2.75) is 51.6 Å². The molecule has 0 aromatic carbocycles. The maximum Gasteiger partial charge on any atom is 0.0443 e. The van der Waals surface area contributed by atoms with Gasteiger partial charge in [0.15, 0.2) is 0 Å². The number of aliphatic hydroxyl groups is 1. The normalized spacial score (nSPS) is 25.4. The Morgan fingerprint density at radius 3 is 2.93 bits per heavy atom. The van der Waals surface area contributed by atoms with E-state index in [4.69, 9.17) is 5.11 Å². The number of nitrogens with zero attached hydrogens (tertiary/aromatic N) is 1. The Morgan fingerprint density at radius 2 is 2.27 bits per heavy atom. The van der Waals surface area contributed by atoms with E-state index in [9.17, 15) is 0 Å². The molecule has 15 heavy (non-hydrogen) atoms. The minimum atomic E-state index is 0.318. The second-order valence-corrected chi connectivity index (χ2v) is 4.52. The predicted molar refractivity (Wildman–Crippen MR) is 64.1 cm³/mol. The van der Waals surface area contributed by atoms with Crippen LogP contribution in [-0.2, 0) is 0 Å². The third kappa shape index (κ3) is 4.09. The zero-order valence-corrected chi connectivity index (χ0v) is 10.2. The Hall–Kier alpha value is -0.120. The molecule has 0 saturated carbocycles. The summed E-state index contributed by atoms with van der Waals surface area (Å²) >= 11 is 0. The molecule has 0 radical (unpaired) electrons. The van der Waals surface area contributed by atoms with Gasteiger partial charge in [0.1, 0.15) is 0 Å². The third-order valence-corrected chi connectivity index (χ3v) is 3.37. The lowest BCUT2D eigenvalue weighted by Crippen LogP contribution is -2.51. The summed E-state index contributed by atoms with van der Waals surface area (Å²) in [5.41, 5.74) is 0. The van der Waals surface area contributed by atoms with Gasteiger partial charge in [-0.2, -0.15) is 0 Å². The molecule has 1 rings (SSSR count). The van der Waals surface area contributed by atoms with Crippen LogP contribution in [0.5, 0.6) is 0 Å². The molecule has 1 fully saturated rings. The number of likely N-dealkylation sites (tertiary alicyclic amines) is 1. The lowest BCUT2D eigenvalue weighted by atomic mass is 9.96. The standard InChI is InChI=1S/C12H26N2O/c1-3-13-11(2)12-7-4-5-8-14(12)9-6-10-15/h11-13,15H,3-10H2,1-2H3. The van der Waals surface area contributed by atoms with Crippen LogP contribution >= 0.6 is 0 Å². The highest BCUT2D eigenvalue weighted by molar-refractivity contribution is 4.84. The average Bonchev–Trinajstić information content (AvgIpc) is 2.27. The second kappa shape index (κ2) is 7.20. The van der Waals surface area contributed by atoms with Crippen LogP contribution in [0.3, 0.4) is 0 Å². The van der Waals surface area contributed by atoms with Crippen LogP contribution in [0.1, 0.15) is 39.5 Å². The summed E-state index contributed by atoms with van der Waals surface area (Å²) in [4.78, 5) is 2.55. The molecule has 1 aliphatic heterocycles. The SMILES string of the molecule is CCNC(C)C1CCCCN1CCCO. The maximum absolute atomic E-state index is 8.88. The van der Waals surface area contributed by atoms with E-state index in [-0.39, 0.29) is 0 Å². The number of nitrogens with one attached hydrogen (secondary N) is 1. The van der Waals surface area contributed by atoms with Gasteiger partial charge < -0.3 is 10.4 Å². The van der Waals surface area contributed by atoms with Crippen LogP contribution < -0.4 is 5.32 Å². The Kier molecular flexibility index (Phi) is 6.22. The first-order chi connectivity index (χ1) is 7.29. The van der Waals surface area contributed by atoms with E-state index in [1.165, 1.54) is 25.8 Å². The highest BCUT2D eigenvalue weighted by atomic mass is 16.3. The van der Waals surface area contributed by atoms with Crippen molar-refractivity contribution in [2.24, 2.45) is 0 Å². The Labute approximate surface area is 93.9 Å². The van der Waals surface area contributed by atoms with Crippen LogP contribution in [0, 0.1) is 0 Å². The van der Waals surface area contributed by atoms with Crippen molar-refractivity contribution in [2.75, 3.05) is 26.2 Å². The number of hydrogen-bond donors (Lipinski definition) is 2. The van der Waals surface area contributed by atoms with Crippen molar-refractivity contribution in [3.8, 4) is 0 Å². The lowest BCUT2D eigenvalue weighted by Gasteiger charge is -2.39. The maximum atomic E-state index is 8.88. The fourth-order valence-electron chi connectivity index (χ4n) is 2.59. The first-order valence-corrected chi connectivity index (χ1v) is 6.38. The molecule has 1 saturated heterocycles. The molecule has 90 valence electrons. The molecule has 0 aromatic rings. The van der Waals surface area contributed by atoms with E-state index in [1.807, 2.05) is 0 Å². The Morgan fingerprint density at radius 1 is 1.47 bits per heavy atom. The fourth-order valence-corrected chi connectivity index (χ4v) is 2.59. The highest BCUT2D eigenvalue weighted by Crippen LogP contribution is 2.19. The molecule has 3 heteroatoms. The summed E-state index contributed by atoms with van der Waals surface area (Å²) in [6.45, 7) is 8.07. The van der Waals surface area contributed by atoms with Gasteiger partial charge >= 0.3 is 0 Å². The first-order valence-electron chi connectivity index (χ1n) is 6.38. The lowest BCUT2D eigenvalue weighted by molar-refractivity contribution is 0.110. The number of hydrogen-bond acceptors (Lipinski definition) is 3. The molecule has 2 atom stereocenters. The van der Waals surface area contributed by atoms with Gasteiger partial charge in [-0.05, 0) is 39.3 Å². The van der Waals surface area contributed by atoms with Gasteiger partial charge in [-0.3, -0.25) is 4.90 Å². The van der Waals surface area contributed by atoms with Gasteiger partial charge in [-0.1, -0.05) is 13.3 Å². The van der Waals surface area contributed by atoms with Gasteiger partial charge in [-0.25, -0.2) is 0 Å². The van der Waals surface area contributed by atoms with Crippen LogP contribution in [0.4, 0.5) is 0 Å². The Balaban J connectivity index is 2.41. The number of likely N-dealkylation sites (N-methyl/N-ethyl adjacent to an activating group) is 1. The summed E-state index contributed by atoms with van der Waals surface area (Å²) < 4.78 is 0. The summed E-state index contributed by atoms with van der Waals surface area (Å²) in [6.07, 6.45) is 4.89. The molecule has 0 bridgehead atoms. The van der Waals surface area contributed by atoms with Crippen LogP contribution in [-0.4, -0.2) is 48.3 Å². The minimum Gasteiger partial charge on any atom is -0.396 e. The summed E-state index contributed by atoms with van der Waals surface area (Å²) in [6, 6.07) is 1.25. The summed E-state index contributed by atoms with van der Waals surface area (Å²) in [7, 11) is 0. The quantitative estimate of drug-likeness (QED) is 0.698. The molecule has 1 aliphatic rings. The van der Waals surface area contributed by atoms with Crippen LogP contribution in [0.25, 0.3) is 0 Å². The molecule has 1 heterocycles. The van der Waals surface area contributed by atoms with Crippen LogP contribution in [0.15, 0.2) is 0 Å². The molecule has 3 nitrogen and oxygen atoms in total. The van der Waals surface area contributed by atoms with Crippen molar-refractivity contribution in [3.63, 3.8) is 0 Å². The van der Waals surface area contributed by atoms with E-state index in [0.717, 1.165) is 19.5 Å². The van der Waals surface area contributed by atoms with Crippen molar-refractivity contribution in [1.82, 2.24) is 10.2 Å². The molecular weight excluding hydrogens is 188 g/mol. The minimum absolute atomic E-state index is 0.318. The van der Waals surface area contributed by atoms with E-state index in [1.54, 1.807) is 0 Å². The number of piperidine rings is 1. The topological polar surface area (TPSA) is 35.5 Å². The second-order valence-electron chi connectivity index (χ2n) is 4.52. The Bertz CT molecular complexity index is 164. The van der Waals surface area contributed by atoms with E-state index >= 15 is 0 Å². The molecule has 0 aromatic heterocycles. The van der Waals surface area contributed by atoms with Gasteiger partial charge in [0.05, 0.1) is 0 Å². The highest BCUT2D eigenvalue weighted by Gasteiger charge is 2.25. The molecule has 2 unspecified atom stereocenters. The molecular formula is C12H26N2O. The summed E-state index contributed by atoms with van der Waals surface area (Å²) in [5, 5.41) is 12.4. The number of rotatable bonds is 6. The van der Waals surface area contributed by atoms with E-state index < -0.39 is 0 Å². The zero-order chi connectivity index (χ0) is 11.1. The monoisotopic (exact) mass is 214 g/mol. The predicted octanol–water partition coefficient (Wildman–Crippen LogP) is 1.22. The summed E-state index contributed by atoms with van der Waals surface area (Å²) in [5.74, 6) is 0. The van der Waals surface area contributed by atoms with E-state index in [2.05, 4.69) is 24.1 Å². The first kappa shape index (κ1) is 12.9. The van der Waals surface area contributed by atoms with E-state index in [0.29, 0.717) is 18.7 Å². The van der Waals surface area contributed by atoms with Gasteiger partial charge in [0, 0.05) is 25.2 Å². The van der Waals surface area contributed by atoms with Gasteiger partial charge in [-0.15, -0.1) is 0 Å². The van der Waals surface area contributed by atoms with Crippen molar-refractivity contribution in [1.29, 1.82) is 0 Å². The van der Waals surface area contributed by atoms with Crippen LogP contribution in [0.2, 0.25) is 0 Å². The molecule has 2 N–H and O–H groups in total. The van der Waals surface area contributed by atoms with Gasteiger partial charge in [0.25, 0.3) is 0 Å². The van der Waals surface area contributed by atoms with Crippen molar-refractivity contribution in [3.05, 3.63) is 0 Å². The molecule has 0 spiro atoms. The van der Waals surface area contributed by atoms with Crippen molar-refractivity contribution < 1.29 is 5.11 Å². The smallest absolute Gasteiger partial charge is 0.0443 e. The number of aliphatic hydroxyl groups excluding tert-OH is 1. The molecule has 0 amide bonds. The fraction of sp³-hybridized carbons (Fsp3) is 1.00. The largest absolute Gasteiger partial charge is 0.396 e. The third-order valence-electron chi connectivity index (χ3n) is 3.37. The zero-order valence-electron chi connectivity index (χ0n) is 10.2. The average molecular weight is 214 g/mol. The van der Waals surface area contributed by atoms with Crippen molar-refractivity contribution >= 4 is 0 Å². The molecule has 0 aliphatic carbocycles. The van der Waals surface area contributed by atoms with Gasteiger partial charge in [0.2, 0.25) is 0 Å².